The number of hydrogen-bond donors (Lipinski definition) is 0. The number of aromatic nitrogens is 6. The highest BCUT2D eigenvalue weighted by Crippen LogP contribution is 2.43. The lowest BCUT2D eigenvalue weighted by molar-refractivity contribution is 0.451. The summed E-state index contributed by atoms with van der Waals surface area (Å²) in [6.07, 6.45) is 2.00. The summed E-state index contributed by atoms with van der Waals surface area (Å²) in [6, 6.07) is 55.3. The quantitative estimate of drug-likeness (QED) is 0.138. The first-order valence-electron chi connectivity index (χ1n) is 17.3. The van der Waals surface area contributed by atoms with Gasteiger partial charge in [0.2, 0.25) is 0 Å². The van der Waals surface area contributed by atoms with Gasteiger partial charge in [0.1, 0.15) is 11.4 Å². The highest BCUT2D eigenvalue weighted by Gasteiger charge is 2.42. The first kappa shape index (κ1) is 31.1. The number of hydrogen-bond acceptors (Lipinski definition) is 4. The number of fused-ring (bicyclic) bond motifs is 1. The second-order valence-electron chi connectivity index (χ2n) is 12.8. The molecule has 6 aromatic carbocycles. The molecule has 0 radical (unpaired) electrons. The third kappa shape index (κ3) is 5.39. The average molecular weight is 651 g/mol. The molecule has 0 aliphatic carbocycles. The minimum atomic E-state index is -0.832. The fourth-order valence-electron chi connectivity index (χ4n) is 7.31. The van der Waals surface area contributed by atoms with Crippen molar-refractivity contribution >= 4 is 11.0 Å². The fraction of sp³-hybridized carbons (Fsp3) is 0.136. The Kier molecular flexibility index (Phi) is 8.35. The Morgan fingerprint density at radius 1 is 0.600 bits per heavy atom. The van der Waals surface area contributed by atoms with Gasteiger partial charge >= 0.3 is 0 Å². The van der Waals surface area contributed by atoms with Crippen LogP contribution in [-0.4, -0.2) is 29.8 Å². The van der Waals surface area contributed by atoms with Crippen LogP contribution in [-0.2, 0) is 18.5 Å². The van der Waals surface area contributed by atoms with E-state index in [9.17, 15) is 0 Å². The van der Waals surface area contributed by atoms with Gasteiger partial charge in [-0.3, -0.25) is 0 Å². The van der Waals surface area contributed by atoms with Gasteiger partial charge in [0.25, 0.3) is 0 Å². The molecule has 8 rings (SSSR count). The van der Waals surface area contributed by atoms with Crippen LogP contribution in [0.25, 0.3) is 33.5 Å². The summed E-state index contributed by atoms with van der Waals surface area (Å²) in [5.74, 6) is 1.82. The Morgan fingerprint density at radius 2 is 1.18 bits per heavy atom. The topological polar surface area (TPSA) is 61.4 Å². The Hall–Kier alpha value is -6.14. The molecule has 0 saturated heterocycles. The zero-order valence-electron chi connectivity index (χ0n) is 28.3. The van der Waals surface area contributed by atoms with Crippen LogP contribution >= 0.6 is 0 Å². The smallest absolute Gasteiger partial charge is 0.184 e. The number of nitrogens with zero attached hydrogens (tertiary/aromatic N) is 6. The first-order valence-corrected chi connectivity index (χ1v) is 17.3. The van der Waals surface area contributed by atoms with Gasteiger partial charge in [-0.1, -0.05) is 159 Å². The summed E-state index contributed by atoms with van der Waals surface area (Å²) >= 11 is 0. The fourth-order valence-corrected chi connectivity index (χ4v) is 7.31. The molecule has 8 aromatic rings. The normalized spacial score (nSPS) is 11.6. The molecule has 0 amide bonds. The predicted molar refractivity (Wildman–Crippen MR) is 201 cm³/mol. The van der Waals surface area contributed by atoms with Crippen LogP contribution in [0.4, 0.5) is 0 Å². The van der Waals surface area contributed by atoms with E-state index in [0.717, 1.165) is 64.1 Å². The van der Waals surface area contributed by atoms with Crippen molar-refractivity contribution in [2.75, 3.05) is 0 Å². The third-order valence-electron chi connectivity index (χ3n) is 9.67. The average Bonchev–Trinajstić information content (AvgIpc) is 3.80. The van der Waals surface area contributed by atoms with Crippen LogP contribution < -0.4 is 0 Å². The maximum atomic E-state index is 5.04. The number of rotatable bonds is 10. The second-order valence-corrected chi connectivity index (χ2v) is 12.8. The largest absolute Gasteiger partial charge is 0.323 e. The minimum Gasteiger partial charge on any atom is -0.323 e. The van der Waals surface area contributed by atoms with Crippen molar-refractivity contribution in [3.05, 3.63) is 191 Å². The van der Waals surface area contributed by atoms with Crippen LogP contribution in [0.5, 0.6) is 0 Å². The SMILES string of the molecule is CCCc1nc2c(C)cccc2n1Cc1ccc(-c2ccccc2-c2nnnn2C(c2ccccc2)(c2ccccc2)c2ccccc2)cc1. The van der Waals surface area contributed by atoms with Crippen LogP contribution in [0.1, 0.15) is 47.0 Å². The molecule has 0 unspecified atom stereocenters. The van der Waals surface area contributed by atoms with Crippen LogP contribution in [0.3, 0.4) is 0 Å². The molecule has 0 fully saturated rings. The van der Waals surface area contributed by atoms with Crippen molar-refractivity contribution in [1.82, 2.24) is 29.8 Å². The lowest BCUT2D eigenvalue weighted by Crippen LogP contribution is -2.39. The molecule has 0 spiro atoms. The number of para-hydroxylation sites is 1. The molecule has 0 aliphatic heterocycles. The summed E-state index contributed by atoms with van der Waals surface area (Å²) in [5.41, 5.74) is 10.2. The van der Waals surface area contributed by atoms with Crippen molar-refractivity contribution in [3.8, 4) is 22.5 Å². The van der Waals surface area contributed by atoms with Crippen molar-refractivity contribution in [2.24, 2.45) is 0 Å². The second kappa shape index (κ2) is 13.4. The Labute approximate surface area is 292 Å². The predicted octanol–water partition coefficient (Wildman–Crippen LogP) is 9.51. The lowest BCUT2D eigenvalue weighted by atomic mass is 9.77. The standard InChI is InChI=1S/C44H38N6/c1-3-16-41-45-42-32(2)17-15-26-40(42)49(41)31-33-27-29-34(30-28-33)38-24-13-14-25-39(38)43-46-47-48-50(43)44(35-18-7-4-8-19-35,36-20-9-5-10-21-36)37-22-11-6-12-23-37/h4-15,17-30H,3,16,31H2,1-2H3. The van der Waals surface area contributed by atoms with E-state index in [2.05, 4.69) is 163 Å². The molecule has 50 heavy (non-hydrogen) atoms. The molecule has 6 nitrogen and oxygen atoms in total. The van der Waals surface area contributed by atoms with E-state index in [0.29, 0.717) is 5.82 Å². The van der Waals surface area contributed by atoms with Gasteiger partial charge in [0.05, 0.1) is 11.0 Å². The molecule has 2 aromatic heterocycles. The molecular formula is C44H38N6. The lowest BCUT2D eigenvalue weighted by Gasteiger charge is -2.36. The van der Waals surface area contributed by atoms with Crippen LogP contribution in [0.15, 0.2) is 158 Å². The molecule has 0 N–H and O–H groups in total. The van der Waals surface area contributed by atoms with E-state index in [1.54, 1.807) is 0 Å². The number of imidazole rings is 1. The van der Waals surface area contributed by atoms with Crippen molar-refractivity contribution in [2.45, 2.75) is 38.8 Å². The van der Waals surface area contributed by atoms with Gasteiger partial charge in [-0.15, -0.1) is 5.10 Å². The van der Waals surface area contributed by atoms with E-state index >= 15 is 0 Å². The highest BCUT2D eigenvalue weighted by atomic mass is 15.6. The number of aryl methyl sites for hydroxylation is 2. The van der Waals surface area contributed by atoms with E-state index < -0.39 is 5.54 Å². The van der Waals surface area contributed by atoms with Gasteiger partial charge in [0, 0.05) is 18.5 Å². The molecule has 0 aliphatic rings. The molecular weight excluding hydrogens is 613 g/mol. The zero-order chi connectivity index (χ0) is 33.9. The van der Waals surface area contributed by atoms with Gasteiger partial charge in [0.15, 0.2) is 5.82 Å². The summed E-state index contributed by atoms with van der Waals surface area (Å²) < 4.78 is 4.38. The number of tetrazole rings is 1. The van der Waals surface area contributed by atoms with E-state index in [1.807, 2.05) is 22.9 Å². The maximum absolute atomic E-state index is 5.04. The van der Waals surface area contributed by atoms with Crippen molar-refractivity contribution < 1.29 is 0 Å². The van der Waals surface area contributed by atoms with Gasteiger partial charge in [-0.25, -0.2) is 9.67 Å². The minimum absolute atomic E-state index is 0.686. The Morgan fingerprint density at radius 3 is 1.78 bits per heavy atom. The molecule has 244 valence electrons. The summed E-state index contributed by atoms with van der Waals surface area (Å²) in [7, 11) is 0. The Bertz CT molecular complexity index is 2260. The maximum Gasteiger partial charge on any atom is 0.184 e. The monoisotopic (exact) mass is 650 g/mol. The molecule has 2 heterocycles. The molecule has 0 bridgehead atoms. The number of benzene rings is 6. The summed E-state index contributed by atoms with van der Waals surface area (Å²) in [4.78, 5) is 5.04. The van der Waals surface area contributed by atoms with E-state index in [4.69, 9.17) is 15.3 Å². The molecule has 6 heteroatoms. The highest BCUT2D eigenvalue weighted by molar-refractivity contribution is 5.81. The van der Waals surface area contributed by atoms with Crippen molar-refractivity contribution in [1.29, 1.82) is 0 Å². The third-order valence-corrected chi connectivity index (χ3v) is 9.67. The van der Waals surface area contributed by atoms with E-state index in [1.165, 1.54) is 16.6 Å². The van der Waals surface area contributed by atoms with Crippen molar-refractivity contribution in [3.63, 3.8) is 0 Å². The Balaban J connectivity index is 1.24. The van der Waals surface area contributed by atoms with Crippen LogP contribution in [0, 0.1) is 6.92 Å². The molecule has 0 atom stereocenters. The van der Waals surface area contributed by atoms with Gasteiger partial charge in [-0.05, 0) is 68.8 Å². The van der Waals surface area contributed by atoms with Gasteiger partial charge in [-0.2, -0.15) is 0 Å². The summed E-state index contributed by atoms with van der Waals surface area (Å²) in [6.45, 7) is 5.12. The zero-order valence-corrected chi connectivity index (χ0v) is 28.3. The van der Waals surface area contributed by atoms with Gasteiger partial charge < -0.3 is 4.57 Å². The van der Waals surface area contributed by atoms with E-state index in [-0.39, 0.29) is 0 Å². The summed E-state index contributed by atoms with van der Waals surface area (Å²) in [5, 5.41) is 13.9. The molecule has 0 saturated carbocycles. The first-order chi connectivity index (χ1) is 24.7. The van der Waals surface area contributed by atoms with Crippen LogP contribution in [0.2, 0.25) is 0 Å².